The molecule has 6 nitrogen and oxygen atoms in total. The Hall–Kier alpha value is -3.22. The Labute approximate surface area is 138 Å². The van der Waals surface area contributed by atoms with Crippen molar-refractivity contribution in [2.24, 2.45) is 0 Å². The highest BCUT2D eigenvalue weighted by Crippen LogP contribution is 2.22. The lowest BCUT2D eigenvalue weighted by Gasteiger charge is -2.04. The molecule has 2 aromatic heterocycles. The van der Waals surface area contributed by atoms with Gasteiger partial charge in [0.15, 0.2) is 0 Å². The maximum atomic E-state index is 13.1. The van der Waals surface area contributed by atoms with E-state index in [1.165, 1.54) is 12.1 Å². The smallest absolute Gasteiger partial charge is 0.267 e. The fraction of sp³-hybridized carbons (Fsp3) is 0.118. The quantitative estimate of drug-likeness (QED) is 0.686. The van der Waals surface area contributed by atoms with Gasteiger partial charge in [-0.1, -0.05) is 12.1 Å². The van der Waals surface area contributed by atoms with Crippen LogP contribution in [0.3, 0.4) is 0 Å². The molecule has 3 rings (SSSR count). The second-order valence-corrected chi connectivity index (χ2v) is 5.37. The third-order valence-corrected chi connectivity index (χ3v) is 3.53. The lowest BCUT2D eigenvalue weighted by molar-refractivity contribution is 0.0946. The highest BCUT2D eigenvalue weighted by molar-refractivity contribution is 5.93. The summed E-state index contributed by atoms with van der Waals surface area (Å²) in [6.45, 7) is 2.11. The van der Waals surface area contributed by atoms with Crippen molar-refractivity contribution in [3.05, 3.63) is 65.4 Å². The number of H-pyrrole nitrogens is 1. The molecule has 0 bridgehead atoms. The topological polar surface area (TPSA) is 96.7 Å². The minimum atomic E-state index is -0.333. The second kappa shape index (κ2) is 6.49. The predicted molar refractivity (Wildman–Crippen MR) is 88.5 cm³/mol. The number of rotatable bonds is 4. The number of nitrogens with one attached hydrogen (secondary N) is 2. The average molecular weight is 325 g/mol. The number of aromatic amines is 1. The third-order valence-electron chi connectivity index (χ3n) is 3.53. The lowest BCUT2D eigenvalue weighted by atomic mass is 10.1. The number of nitrogens with two attached hydrogens (primary N) is 1. The van der Waals surface area contributed by atoms with E-state index in [0.29, 0.717) is 17.0 Å². The van der Waals surface area contributed by atoms with E-state index in [-0.39, 0.29) is 24.2 Å². The summed E-state index contributed by atoms with van der Waals surface area (Å²) >= 11 is 0. The van der Waals surface area contributed by atoms with Crippen molar-refractivity contribution in [1.29, 1.82) is 0 Å². The maximum Gasteiger partial charge on any atom is 0.267 e. The largest absolute Gasteiger partial charge is 0.368 e. The molecule has 4 N–H and O–H groups in total. The molecule has 0 unspecified atom stereocenters. The van der Waals surface area contributed by atoms with Gasteiger partial charge in [0, 0.05) is 24.5 Å². The van der Waals surface area contributed by atoms with Gasteiger partial charge in [-0.05, 0) is 36.2 Å². The Morgan fingerprint density at radius 3 is 3.00 bits per heavy atom. The Kier molecular flexibility index (Phi) is 4.24. The first-order valence-corrected chi connectivity index (χ1v) is 7.33. The summed E-state index contributed by atoms with van der Waals surface area (Å²) in [5.74, 6) is -0.445. The number of anilines is 1. The first-order valence-electron chi connectivity index (χ1n) is 7.33. The van der Waals surface area contributed by atoms with Crippen molar-refractivity contribution < 1.29 is 9.18 Å². The Morgan fingerprint density at radius 1 is 1.38 bits per heavy atom. The number of amides is 1. The summed E-state index contributed by atoms with van der Waals surface area (Å²) in [6.07, 6.45) is 3.32. The summed E-state index contributed by atoms with van der Waals surface area (Å²) < 4.78 is 13.1. The zero-order valence-corrected chi connectivity index (χ0v) is 13.0. The molecule has 0 saturated heterocycles. The van der Waals surface area contributed by atoms with Gasteiger partial charge >= 0.3 is 0 Å². The number of carbonyl (C=O) groups is 1. The average Bonchev–Trinajstić information content (AvgIpc) is 3.05. The van der Waals surface area contributed by atoms with Crippen LogP contribution in [-0.4, -0.2) is 20.9 Å². The van der Waals surface area contributed by atoms with Crippen LogP contribution in [0.4, 0.5) is 10.3 Å². The molecule has 1 aromatic carbocycles. The molecule has 7 heteroatoms. The van der Waals surface area contributed by atoms with Gasteiger partial charge in [0.05, 0.1) is 5.69 Å². The van der Waals surface area contributed by atoms with Crippen LogP contribution in [0.25, 0.3) is 11.3 Å². The summed E-state index contributed by atoms with van der Waals surface area (Å²) in [6, 6.07) is 7.78. The summed E-state index contributed by atoms with van der Waals surface area (Å²) in [5, 5.41) is 2.74. The molecule has 24 heavy (non-hydrogen) atoms. The Morgan fingerprint density at radius 2 is 2.21 bits per heavy atom. The van der Waals surface area contributed by atoms with Gasteiger partial charge in [-0.3, -0.25) is 4.79 Å². The van der Waals surface area contributed by atoms with Crippen LogP contribution < -0.4 is 11.1 Å². The molecule has 122 valence electrons. The van der Waals surface area contributed by atoms with E-state index in [2.05, 4.69) is 20.3 Å². The Balaban J connectivity index is 1.73. The van der Waals surface area contributed by atoms with Crippen LogP contribution in [-0.2, 0) is 6.54 Å². The highest BCUT2D eigenvalue weighted by Gasteiger charge is 2.12. The van der Waals surface area contributed by atoms with E-state index in [0.717, 1.165) is 11.1 Å². The second-order valence-electron chi connectivity index (χ2n) is 5.37. The zero-order chi connectivity index (χ0) is 17.1. The molecule has 3 aromatic rings. The first kappa shape index (κ1) is 15.7. The van der Waals surface area contributed by atoms with E-state index < -0.39 is 0 Å². The normalized spacial score (nSPS) is 10.6. The van der Waals surface area contributed by atoms with Crippen LogP contribution in [0.5, 0.6) is 0 Å². The van der Waals surface area contributed by atoms with Gasteiger partial charge in [0.2, 0.25) is 5.95 Å². The zero-order valence-electron chi connectivity index (χ0n) is 13.0. The number of carbonyl (C=O) groups excluding carboxylic acids is 1. The molecule has 0 aliphatic rings. The molecule has 1 amide bonds. The van der Waals surface area contributed by atoms with E-state index in [1.807, 2.05) is 6.92 Å². The van der Waals surface area contributed by atoms with Gasteiger partial charge < -0.3 is 16.0 Å². The van der Waals surface area contributed by atoms with Crippen LogP contribution in [0.2, 0.25) is 0 Å². The number of halogens is 1. The number of hydrogen-bond acceptors (Lipinski definition) is 4. The van der Waals surface area contributed by atoms with Gasteiger partial charge in [0.1, 0.15) is 11.5 Å². The van der Waals surface area contributed by atoms with Crippen molar-refractivity contribution >= 4 is 11.9 Å². The molecule has 0 aliphatic carbocycles. The fourth-order valence-electron chi connectivity index (χ4n) is 2.33. The number of aryl methyl sites for hydroxylation is 1. The predicted octanol–water partition coefficient (Wildman–Crippen LogP) is 2.43. The molecule has 0 spiro atoms. The third kappa shape index (κ3) is 3.40. The summed E-state index contributed by atoms with van der Waals surface area (Å²) in [5.41, 5.74) is 8.96. The monoisotopic (exact) mass is 325 g/mol. The molecule has 0 aliphatic heterocycles. The fourth-order valence-corrected chi connectivity index (χ4v) is 2.33. The molecule has 0 saturated carbocycles. The maximum absolute atomic E-state index is 13.1. The first-order chi connectivity index (χ1) is 11.5. The van der Waals surface area contributed by atoms with E-state index in [4.69, 9.17) is 5.73 Å². The van der Waals surface area contributed by atoms with Gasteiger partial charge in [-0.25, -0.2) is 14.4 Å². The number of nitrogens with zero attached hydrogens (tertiary/aromatic N) is 2. The summed E-state index contributed by atoms with van der Waals surface area (Å²) in [7, 11) is 0. The van der Waals surface area contributed by atoms with Crippen LogP contribution in [0.1, 0.15) is 21.6 Å². The van der Waals surface area contributed by atoms with Crippen molar-refractivity contribution in [3.63, 3.8) is 0 Å². The number of hydrogen-bond donors (Lipinski definition) is 3. The van der Waals surface area contributed by atoms with E-state index in [9.17, 15) is 9.18 Å². The number of benzene rings is 1. The van der Waals surface area contributed by atoms with Crippen LogP contribution >= 0.6 is 0 Å². The standard InChI is InChI=1S/C17H16FN5O/c1-10-7-22-17(19)23-15(10)12-6-14(20-9-12)16(24)21-8-11-3-2-4-13(18)5-11/h2-7,9,20H,8H2,1H3,(H,21,24)(H2,19,22,23). The minimum Gasteiger partial charge on any atom is -0.368 e. The van der Waals surface area contributed by atoms with Gasteiger partial charge in [-0.15, -0.1) is 0 Å². The summed E-state index contributed by atoms with van der Waals surface area (Å²) in [4.78, 5) is 23.2. The van der Waals surface area contributed by atoms with Gasteiger partial charge in [0.25, 0.3) is 5.91 Å². The van der Waals surface area contributed by atoms with Crippen LogP contribution in [0.15, 0.2) is 42.7 Å². The molecule has 0 fully saturated rings. The molecule has 0 radical (unpaired) electrons. The Bertz CT molecular complexity index is 890. The van der Waals surface area contributed by atoms with Crippen molar-refractivity contribution in [2.75, 3.05) is 5.73 Å². The number of nitrogen functional groups attached to an aromatic ring is 1. The molecule has 0 atom stereocenters. The van der Waals surface area contributed by atoms with E-state index >= 15 is 0 Å². The van der Waals surface area contributed by atoms with Crippen molar-refractivity contribution in [3.8, 4) is 11.3 Å². The minimum absolute atomic E-state index is 0.175. The van der Waals surface area contributed by atoms with Crippen LogP contribution in [0, 0.1) is 12.7 Å². The van der Waals surface area contributed by atoms with E-state index in [1.54, 1.807) is 30.6 Å². The van der Waals surface area contributed by atoms with Gasteiger partial charge in [-0.2, -0.15) is 0 Å². The molecule has 2 heterocycles. The molecular weight excluding hydrogens is 309 g/mol. The lowest BCUT2D eigenvalue weighted by Crippen LogP contribution is -2.23. The van der Waals surface area contributed by atoms with Crippen molar-refractivity contribution in [2.45, 2.75) is 13.5 Å². The number of aromatic nitrogens is 3. The highest BCUT2D eigenvalue weighted by atomic mass is 19.1. The van der Waals surface area contributed by atoms with Crippen molar-refractivity contribution in [1.82, 2.24) is 20.3 Å². The molecular formula is C17H16FN5O. The SMILES string of the molecule is Cc1cnc(N)nc1-c1c[nH]c(C(=O)NCc2cccc(F)c2)c1.